The molecule has 1 saturated heterocycles. The summed E-state index contributed by atoms with van der Waals surface area (Å²) in [6.07, 6.45) is 5.80. The molecule has 78 valence electrons. The van der Waals surface area contributed by atoms with Crippen LogP contribution in [0.15, 0.2) is 0 Å². The van der Waals surface area contributed by atoms with E-state index in [1.165, 1.54) is 38.8 Å². The summed E-state index contributed by atoms with van der Waals surface area (Å²) in [6.45, 7) is 9.05. The zero-order valence-electron chi connectivity index (χ0n) is 9.25. The molecule has 0 bridgehead atoms. The molecule has 1 aliphatic carbocycles. The van der Waals surface area contributed by atoms with Gasteiger partial charge in [0.15, 0.2) is 0 Å². The second-order valence-electron chi connectivity index (χ2n) is 3.94. The van der Waals surface area contributed by atoms with Gasteiger partial charge in [-0.2, -0.15) is 0 Å². The minimum atomic E-state index is 0.940. The first-order valence-electron chi connectivity index (χ1n) is 5.76. The molecule has 2 heteroatoms. The number of nitrogens with zero attached hydrogens (tertiary/aromatic N) is 1. The molecule has 0 amide bonds. The first-order chi connectivity index (χ1) is 6.34. The Morgan fingerprint density at radius 1 is 1.15 bits per heavy atom. The number of rotatable bonds is 2. The Hall–Kier alpha value is 0.310. The van der Waals surface area contributed by atoms with Crippen LogP contribution >= 0.6 is 11.9 Å². The van der Waals surface area contributed by atoms with Gasteiger partial charge in [0.1, 0.15) is 0 Å². The van der Waals surface area contributed by atoms with Crippen LogP contribution in [0.25, 0.3) is 0 Å². The summed E-state index contributed by atoms with van der Waals surface area (Å²) in [6, 6.07) is 0. The van der Waals surface area contributed by atoms with Crippen molar-refractivity contribution in [3.63, 3.8) is 0 Å². The van der Waals surface area contributed by atoms with Gasteiger partial charge in [0, 0.05) is 18.3 Å². The van der Waals surface area contributed by atoms with Crippen molar-refractivity contribution >= 4 is 11.9 Å². The standard InChI is InChI=1S/C9H17NS.C2H6/c1-8-3-2-6-10(7-8)11-9-4-5-9;1-2/h8-9H,2-7H2,1H3;1-2H3. The summed E-state index contributed by atoms with van der Waals surface area (Å²) in [5.41, 5.74) is 0. The summed E-state index contributed by atoms with van der Waals surface area (Å²) in [5.74, 6) is 0.940. The molecule has 2 fully saturated rings. The Labute approximate surface area is 87.4 Å². The van der Waals surface area contributed by atoms with E-state index >= 15 is 0 Å². The van der Waals surface area contributed by atoms with E-state index in [1.54, 1.807) is 0 Å². The lowest BCUT2D eigenvalue weighted by Gasteiger charge is -2.29. The highest BCUT2D eigenvalue weighted by Gasteiger charge is 2.27. The molecular weight excluding hydrogens is 178 g/mol. The van der Waals surface area contributed by atoms with Crippen molar-refractivity contribution < 1.29 is 0 Å². The zero-order chi connectivity index (χ0) is 9.68. The van der Waals surface area contributed by atoms with E-state index in [-0.39, 0.29) is 0 Å². The van der Waals surface area contributed by atoms with Crippen LogP contribution in [0.3, 0.4) is 0 Å². The molecule has 2 rings (SSSR count). The molecule has 1 saturated carbocycles. The molecule has 0 spiro atoms. The fourth-order valence-corrected chi connectivity index (χ4v) is 2.97. The van der Waals surface area contributed by atoms with Crippen LogP contribution in [0.1, 0.15) is 46.5 Å². The van der Waals surface area contributed by atoms with Crippen LogP contribution in [0.2, 0.25) is 0 Å². The molecule has 1 aliphatic heterocycles. The lowest BCUT2D eigenvalue weighted by molar-refractivity contribution is 0.302. The van der Waals surface area contributed by atoms with Gasteiger partial charge in [-0.1, -0.05) is 32.7 Å². The molecule has 0 aromatic carbocycles. The van der Waals surface area contributed by atoms with Crippen molar-refractivity contribution in [3.05, 3.63) is 0 Å². The van der Waals surface area contributed by atoms with Gasteiger partial charge in [-0.25, -0.2) is 0 Å². The summed E-state index contributed by atoms with van der Waals surface area (Å²) in [4.78, 5) is 0. The van der Waals surface area contributed by atoms with E-state index in [0.29, 0.717) is 0 Å². The third-order valence-electron chi connectivity index (χ3n) is 2.44. The lowest BCUT2D eigenvalue weighted by atomic mass is 10.0. The molecule has 0 N–H and O–H groups in total. The van der Waals surface area contributed by atoms with Gasteiger partial charge < -0.3 is 0 Å². The quantitative estimate of drug-likeness (QED) is 0.629. The second kappa shape index (κ2) is 5.92. The van der Waals surface area contributed by atoms with Gasteiger partial charge in [0.2, 0.25) is 0 Å². The van der Waals surface area contributed by atoms with E-state index < -0.39 is 0 Å². The number of hydrogen-bond donors (Lipinski definition) is 0. The van der Waals surface area contributed by atoms with Gasteiger partial charge in [-0.05, 0) is 31.6 Å². The molecular formula is C11H23NS. The fraction of sp³-hybridized carbons (Fsp3) is 1.00. The van der Waals surface area contributed by atoms with Crippen LogP contribution in [0.4, 0.5) is 0 Å². The van der Waals surface area contributed by atoms with Crippen LogP contribution in [0, 0.1) is 5.92 Å². The topological polar surface area (TPSA) is 3.24 Å². The van der Waals surface area contributed by atoms with Crippen LogP contribution < -0.4 is 0 Å². The maximum Gasteiger partial charge on any atom is 0.0196 e. The SMILES string of the molecule is CC.CC1CCCN(SC2CC2)C1. The first-order valence-corrected chi connectivity index (χ1v) is 6.60. The van der Waals surface area contributed by atoms with Crippen LogP contribution in [-0.2, 0) is 0 Å². The Morgan fingerprint density at radius 2 is 1.85 bits per heavy atom. The van der Waals surface area contributed by atoms with Crippen molar-refractivity contribution in [2.45, 2.75) is 51.7 Å². The predicted octanol–water partition coefficient (Wildman–Crippen LogP) is 3.56. The monoisotopic (exact) mass is 201 g/mol. The largest absolute Gasteiger partial charge is 0.250 e. The third kappa shape index (κ3) is 4.37. The molecule has 0 radical (unpaired) electrons. The maximum absolute atomic E-state index is 2.59. The molecule has 13 heavy (non-hydrogen) atoms. The van der Waals surface area contributed by atoms with Crippen LogP contribution in [0.5, 0.6) is 0 Å². The Balaban J connectivity index is 0.000000396. The molecule has 1 nitrogen and oxygen atoms in total. The zero-order valence-corrected chi connectivity index (χ0v) is 10.1. The van der Waals surface area contributed by atoms with E-state index in [4.69, 9.17) is 0 Å². The van der Waals surface area contributed by atoms with Crippen LogP contribution in [-0.4, -0.2) is 22.6 Å². The average molecular weight is 201 g/mol. The van der Waals surface area contributed by atoms with Crippen molar-refractivity contribution in [2.75, 3.05) is 13.1 Å². The highest BCUT2D eigenvalue weighted by molar-refractivity contribution is 7.97. The Bertz CT molecular complexity index is 132. The van der Waals surface area contributed by atoms with Crippen molar-refractivity contribution in [3.8, 4) is 0 Å². The highest BCUT2D eigenvalue weighted by atomic mass is 32.2. The summed E-state index contributed by atoms with van der Waals surface area (Å²) >= 11 is 2.12. The molecule has 1 unspecified atom stereocenters. The third-order valence-corrected chi connectivity index (χ3v) is 3.84. The van der Waals surface area contributed by atoms with Gasteiger partial charge in [0.25, 0.3) is 0 Å². The van der Waals surface area contributed by atoms with Crippen molar-refractivity contribution in [1.29, 1.82) is 0 Å². The second-order valence-corrected chi connectivity index (χ2v) is 5.33. The van der Waals surface area contributed by atoms with Crippen molar-refractivity contribution in [2.24, 2.45) is 5.92 Å². The molecule has 0 aromatic rings. The van der Waals surface area contributed by atoms with E-state index in [0.717, 1.165) is 11.2 Å². The molecule has 1 atom stereocenters. The lowest BCUT2D eigenvalue weighted by Crippen LogP contribution is -2.29. The minimum Gasteiger partial charge on any atom is -0.250 e. The maximum atomic E-state index is 2.59. The highest BCUT2D eigenvalue weighted by Crippen LogP contribution is 2.37. The van der Waals surface area contributed by atoms with Gasteiger partial charge in [-0.3, -0.25) is 4.31 Å². The van der Waals surface area contributed by atoms with E-state index in [2.05, 4.69) is 23.2 Å². The van der Waals surface area contributed by atoms with Gasteiger partial charge in [-0.15, -0.1) is 0 Å². The van der Waals surface area contributed by atoms with Gasteiger partial charge >= 0.3 is 0 Å². The number of hydrogen-bond acceptors (Lipinski definition) is 2. The fourth-order valence-electron chi connectivity index (χ4n) is 1.63. The van der Waals surface area contributed by atoms with E-state index in [1.807, 2.05) is 13.8 Å². The predicted molar refractivity (Wildman–Crippen MR) is 61.9 cm³/mol. The summed E-state index contributed by atoms with van der Waals surface area (Å²) in [5, 5.41) is 1.00. The summed E-state index contributed by atoms with van der Waals surface area (Å²) < 4.78 is 2.59. The normalized spacial score (nSPS) is 29.3. The molecule has 2 aliphatic rings. The van der Waals surface area contributed by atoms with Crippen molar-refractivity contribution in [1.82, 2.24) is 4.31 Å². The Morgan fingerprint density at radius 3 is 2.38 bits per heavy atom. The summed E-state index contributed by atoms with van der Waals surface area (Å²) in [7, 11) is 0. The molecule has 0 aromatic heterocycles. The minimum absolute atomic E-state index is 0.940. The smallest absolute Gasteiger partial charge is 0.0196 e. The van der Waals surface area contributed by atoms with E-state index in [9.17, 15) is 0 Å². The Kier molecular flexibility index (Phi) is 5.18. The average Bonchev–Trinajstić information content (AvgIpc) is 2.92. The number of piperidine rings is 1. The van der Waals surface area contributed by atoms with Gasteiger partial charge in [0.05, 0.1) is 0 Å². The molecule has 1 heterocycles. The first kappa shape index (κ1) is 11.4.